The summed E-state index contributed by atoms with van der Waals surface area (Å²) < 4.78 is 1.01. The number of ketones is 1. The van der Waals surface area contributed by atoms with Gasteiger partial charge in [-0.1, -0.05) is 28.1 Å². The Labute approximate surface area is 126 Å². The molecule has 0 radical (unpaired) electrons. The largest absolute Gasteiger partial charge is 0.351 e. The summed E-state index contributed by atoms with van der Waals surface area (Å²) in [6, 6.07) is 7.74. The van der Waals surface area contributed by atoms with E-state index in [-0.39, 0.29) is 11.8 Å². The normalized spacial score (nSPS) is 19.5. The molecular formula is C14H15BrN2OS. The van der Waals surface area contributed by atoms with E-state index in [1.54, 1.807) is 6.92 Å². The Morgan fingerprint density at radius 3 is 2.47 bits per heavy atom. The molecule has 19 heavy (non-hydrogen) atoms. The third-order valence-electron chi connectivity index (χ3n) is 3.34. The van der Waals surface area contributed by atoms with Gasteiger partial charge in [0.15, 0.2) is 10.9 Å². The van der Waals surface area contributed by atoms with E-state index in [1.807, 2.05) is 43.1 Å². The molecule has 2 rings (SSSR count). The third-order valence-corrected chi connectivity index (χ3v) is 4.26. The summed E-state index contributed by atoms with van der Waals surface area (Å²) >= 11 is 8.72. The maximum atomic E-state index is 11.9. The molecule has 1 atom stereocenters. The molecule has 1 aromatic carbocycles. The van der Waals surface area contributed by atoms with Crippen LogP contribution in [0.3, 0.4) is 0 Å². The maximum absolute atomic E-state index is 11.9. The van der Waals surface area contributed by atoms with Crippen molar-refractivity contribution in [2.24, 2.45) is 0 Å². The van der Waals surface area contributed by atoms with E-state index in [4.69, 9.17) is 12.2 Å². The Kier molecular flexibility index (Phi) is 4.06. The van der Waals surface area contributed by atoms with Crippen molar-refractivity contribution in [3.05, 3.63) is 45.6 Å². The van der Waals surface area contributed by atoms with Crippen LogP contribution in [-0.4, -0.2) is 22.8 Å². The van der Waals surface area contributed by atoms with Crippen LogP contribution in [0.4, 0.5) is 0 Å². The summed E-state index contributed by atoms with van der Waals surface area (Å²) in [5, 5.41) is 3.86. The van der Waals surface area contributed by atoms with Gasteiger partial charge < -0.3 is 10.2 Å². The first kappa shape index (κ1) is 14.2. The van der Waals surface area contributed by atoms with Crippen LogP contribution in [0.15, 0.2) is 40.0 Å². The van der Waals surface area contributed by atoms with Gasteiger partial charge >= 0.3 is 0 Å². The zero-order valence-electron chi connectivity index (χ0n) is 11.0. The SMILES string of the molecule is CC(=O)C1=C(C)N(C)C(=S)N[C@H]1c1ccc(Br)cc1. The van der Waals surface area contributed by atoms with Crippen LogP contribution in [0.5, 0.6) is 0 Å². The first-order chi connectivity index (χ1) is 8.91. The van der Waals surface area contributed by atoms with Gasteiger partial charge in [0.2, 0.25) is 0 Å². The molecule has 3 nitrogen and oxygen atoms in total. The molecule has 0 fully saturated rings. The molecule has 1 aliphatic rings. The summed E-state index contributed by atoms with van der Waals surface area (Å²) in [7, 11) is 1.87. The molecule has 0 saturated heterocycles. The van der Waals surface area contributed by atoms with Gasteiger partial charge in [-0.15, -0.1) is 0 Å². The topological polar surface area (TPSA) is 32.3 Å². The maximum Gasteiger partial charge on any atom is 0.173 e. The Morgan fingerprint density at radius 2 is 1.95 bits per heavy atom. The molecule has 5 heteroatoms. The fraction of sp³-hybridized carbons (Fsp3) is 0.286. The first-order valence-corrected chi connectivity index (χ1v) is 7.13. The van der Waals surface area contributed by atoms with Gasteiger partial charge in [-0.25, -0.2) is 0 Å². The number of hydrogen-bond acceptors (Lipinski definition) is 2. The van der Waals surface area contributed by atoms with Crippen molar-refractivity contribution in [1.29, 1.82) is 0 Å². The highest BCUT2D eigenvalue weighted by molar-refractivity contribution is 9.10. The van der Waals surface area contributed by atoms with Crippen LogP contribution >= 0.6 is 28.1 Å². The van der Waals surface area contributed by atoms with Crippen molar-refractivity contribution >= 4 is 39.0 Å². The van der Waals surface area contributed by atoms with Crippen molar-refractivity contribution in [3.8, 4) is 0 Å². The standard InChI is InChI=1S/C14H15BrN2OS/c1-8-12(9(2)18)13(16-14(19)17(8)3)10-4-6-11(15)7-5-10/h4-7,13H,1-3H3,(H,16,19)/t13-/m0/s1. The minimum atomic E-state index is -0.172. The van der Waals surface area contributed by atoms with Crippen LogP contribution in [0.1, 0.15) is 25.5 Å². The molecular weight excluding hydrogens is 324 g/mol. The average molecular weight is 339 g/mol. The summed E-state index contributed by atoms with van der Waals surface area (Å²) in [5.74, 6) is 0.0623. The zero-order valence-corrected chi connectivity index (χ0v) is 13.4. The first-order valence-electron chi connectivity index (χ1n) is 5.93. The smallest absolute Gasteiger partial charge is 0.173 e. The lowest BCUT2D eigenvalue weighted by molar-refractivity contribution is -0.114. The predicted molar refractivity (Wildman–Crippen MR) is 83.8 cm³/mol. The summed E-state index contributed by atoms with van der Waals surface area (Å²) in [4.78, 5) is 13.8. The monoisotopic (exact) mass is 338 g/mol. The highest BCUT2D eigenvalue weighted by atomic mass is 79.9. The molecule has 1 N–H and O–H groups in total. The van der Waals surface area contributed by atoms with E-state index in [1.165, 1.54) is 0 Å². The number of rotatable bonds is 2. The van der Waals surface area contributed by atoms with Gasteiger partial charge in [-0.3, -0.25) is 4.79 Å². The van der Waals surface area contributed by atoms with E-state index in [0.717, 1.165) is 21.3 Å². The second-order valence-corrected chi connectivity index (χ2v) is 5.85. The molecule has 0 amide bonds. The molecule has 0 bridgehead atoms. The molecule has 0 aliphatic carbocycles. The van der Waals surface area contributed by atoms with Crippen molar-refractivity contribution in [2.75, 3.05) is 7.05 Å². The zero-order chi connectivity index (χ0) is 14.2. The van der Waals surface area contributed by atoms with Crippen LogP contribution in [0.2, 0.25) is 0 Å². The van der Waals surface area contributed by atoms with Gasteiger partial charge in [0.05, 0.1) is 6.04 Å². The van der Waals surface area contributed by atoms with Crippen LogP contribution in [0.25, 0.3) is 0 Å². The number of halogens is 1. The second kappa shape index (κ2) is 5.43. The molecule has 0 spiro atoms. The van der Waals surface area contributed by atoms with Gasteiger partial charge in [-0.05, 0) is 43.8 Å². The predicted octanol–water partition coefficient (Wildman–Crippen LogP) is 3.17. The Balaban J connectivity index is 2.51. The quantitative estimate of drug-likeness (QED) is 0.839. The number of Topliss-reactive ketones (excluding diaryl/α,β-unsaturated/α-hetero) is 1. The number of nitrogens with zero attached hydrogens (tertiary/aromatic N) is 1. The van der Waals surface area contributed by atoms with Gasteiger partial charge in [-0.2, -0.15) is 0 Å². The Morgan fingerprint density at radius 1 is 1.37 bits per heavy atom. The lowest BCUT2D eigenvalue weighted by Crippen LogP contribution is -2.45. The summed E-state index contributed by atoms with van der Waals surface area (Å²) in [6.45, 7) is 3.52. The fourth-order valence-electron chi connectivity index (χ4n) is 2.20. The van der Waals surface area contributed by atoms with E-state index in [0.29, 0.717) is 5.11 Å². The fourth-order valence-corrected chi connectivity index (χ4v) is 2.72. The van der Waals surface area contributed by atoms with E-state index < -0.39 is 0 Å². The lowest BCUT2D eigenvalue weighted by atomic mass is 9.93. The average Bonchev–Trinajstić information content (AvgIpc) is 2.36. The minimum absolute atomic E-state index is 0.0623. The number of allylic oxidation sites excluding steroid dienone is 1. The number of thiocarbonyl (C=S) groups is 1. The Hall–Kier alpha value is -1.20. The second-order valence-electron chi connectivity index (χ2n) is 4.55. The molecule has 1 aliphatic heterocycles. The van der Waals surface area contributed by atoms with E-state index in [9.17, 15) is 4.79 Å². The highest BCUT2D eigenvalue weighted by Gasteiger charge is 2.30. The number of hydrogen-bond donors (Lipinski definition) is 1. The molecule has 100 valence electrons. The minimum Gasteiger partial charge on any atom is -0.351 e. The number of carbonyl (C=O) groups excluding carboxylic acids is 1. The van der Waals surface area contributed by atoms with Crippen LogP contribution in [0, 0.1) is 0 Å². The Bertz CT molecular complexity index is 565. The van der Waals surface area contributed by atoms with Gasteiger partial charge in [0.1, 0.15) is 0 Å². The number of benzene rings is 1. The van der Waals surface area contributed by atoms with Gasteiger partial charge in [0.25, 0.3) is 0 Å². The molecule has 1 heterocycles. The molecule has 0 unspecified atom stereocenters. The van der Waals surface area contributed by atoms with Gasteiger partial charge in [0, 0.05) is 22.8 Å². The van der Waals surface area contributed by atoms with Crippen molar-refractivity contribution < 1.29 is 4.79 Å². The van der Waals surface area contributed by atoms with Crippen LogP contribution in [-0.2, 0) is 4.79 Å². The summed E-state index contributed by atoms with van der Waals surface area (Å²) in [6.07, 6.45) is 0. The highest BCUT2D eigenvalue weighted by Crippen LogP contribution is 2.30. The molecule has 0 saturated carbocycles. The van der Waals surface area contributed by atoms with E-state index >= 15 is 0 Å². The number of nitrogens with one attached hydrogen (secondary N) is 1. The van der Waals surface area contributed by atoms with Crippen LogP contribution < -0.4 is 5.32 Å². The van der Waals surface area contributed by atoms with Crippen molar-refractivity contribution in [1.82, 2.24) is 10.2 Å². The summed E-state index contributed by atoms with van der Waals surface area (Å²) in [5.41, 5.74) is 2.70. The van der Waals surface area contributed by atoms with Crippen molar-refractivity contribution in [2.45, 2.75) is 19.9 Å². The number of carbonyl (C=O) groups is 1. The van der Waals surface area contributed by atoms with E-state index in [2.05, 4.69) is 21.2 Å². The molecule has 0 aromatic heterocycles. The molecule has 1 aromatic rings. The lowest BCUT2D eigenvalue weighted by Gasteiger charge is -2.35. The van der Waals surface area contributed by atoms with Crippen molar-refractivity contribution in [3.63, 3.8) is 0 Å². The third kappa shape index (κ3) is 2.72.